The second-order valence-electron chi connectivity index (χ2n) is 9.91. The van der Waals surface area contributed by atoms with Gasteiger partial charge in [0, 0.05) is 36.6 Å². The first-order chi connectivity index (χ1) is 17.8. The van der Waals surface area contributed by atoms with Crippen molar-refractivity contribution in [2.24, 2.45) is 0 Å². The SMILES string of the molecule is Cc1ccc(C(=N)N2CCCC(c3ccc(C#N)cc3)CC2)cc1NC(=O)c1ccc(NC(C)C)nc1. The molecular formula is C30H34N6O. The van der Waals surface area contributed by atoms with Crippen LogP contribution in [0.25, 0.3) is 0 Å². The number of amidine groups is 1. The molecule has 0 aliphatic carbocycles. The lowest BCUT2D eigenvalue weighted by Gasteiger charge is -2.24. The number of hydrogen-bond donors (Lipinski definition) is 3. The van der Waals surface area contributed by atoms with E-state index in [4.69, 9.17) is 10.7 Å². The van der Waals surface area contributed by atoms with E-state index in [-0.39, 0.29) is 11.9 Å². The van der Waals surface area contributed by atoms with Gasteiger partial charge < -0.3 is 15.5 Å². The minimum atomic E-state index is -0.226. The summed E-state index contributed by atoms with van der Waals surface area (Å²) in [6.07, 6.45) is 4.59. The van der Waals surface area contributed by atoms with Gasteiger partial charge in [-0.25, -0.2) is 4.98 Å². The zero-order valence-corrected chi connectivity index (χ0v) is 21.7. The zero-order chi connectivity index (χ0) is 26.4. The number of carbonyl (C=O) groups excluding carboxylic acids is 1. The summed E-state index contributed by atoms with van der Waals surface area (Å²) in [6.45, 7) is 7.64. The van der Waals surface area contributed by atoms with Crippen LogP contribution in [0.1, 0.15) is 71.6 Å². The highest BCUT2D eigenvalue weighted by atomic mass is 16.1. The molecule has 1 aromatic heterocycles. The molecule has 1 unspecified atom stereocenters. The van der Waals surface area contributed by atoms with E-state index in [0.29, 0.717) is 28.6 Å². The van der Waals surface area contributed by atoms with Crippen LogP contribution >= 0.6 is 0 Å². The molecule has 3 N–H and O–H groups in total. The Morgan fingerprint density at radius 2 is 1.84 bits per heavy atom. The molecule has 1 saturated heterocycles. The van der Waals surface area contributed by atoms with E-state index < -0.39 is 0 Å². The molecule has 4 rings (SSSR count). The Kier molecular flexibility index (Phi) is 8.19. The fourth-order valence-electron chi connectivity index (χ4n) is 4.67. The van der Waals surface area contributed by atoms with Crippen molar-refractivity contribution in [3.63, 3.8) is 0 Å². The van der Waals surface area contributed by atoms with Gasteiger partial charge in [-0.3, -0.25) is 10.2 Å². The molecule has 2 aromatic carbocycles. The molecule has 3 aromatic rings. The zero-order valence-electron chi connectivity index (χ0n) is 21.7. The maximum absolute atomic E-state index is 12.9. The number of aryl methyl sites for hydroxylation is 1. The van der Waals surface area contributed by atoms with Gasteiger partial charge in [0.2, 0.25) is 0 Å². The van der Waals surface area contributed by atoms with Gasteiger partial charge in [0.1, 0.15) is 11.7 Å². The van der Waals surface area contributed by atoms with Gasteiger partial charge in [-0.1, -0.05) is 24.3 Å². The highest BCUT2D eigenvalue weighted by molar-refractivity contribution is 6.05. The number of nitrogens with one attached hydrogen (secondary N) is 3. The van der Waals surface area contributed by atoms with E-state index in [2.05, 4.69) is 38.7 Å². The minimum Gasteiger partial charge on any atom is -0.368 e. The van der Waals surface area contributed by atoms with Gasteiger partial charge in [0.05, 0.1) is 17.2 Å². The normalized spacial score (nSPS) is 15.5. The van der Waals surface area contributed by atoms with Gasteiger partial charge >= 0.3 is 0 Å². The van der Waals surface area contributed by atoms with Crippen LogP contribution in [0.4, 0.5) is 11.5 Å². The van der Waals surface area contributed by atoms with Crippen LogP contribution in [0.15, 0.2) is 60.8 Å². The van der Waals surface area contributed by atoms with Crippen molar-refractivity contribution in [3.8, 4) is 6.07 Å². The molecule has 1 atom stereocenters. The number of likely N-dealkylation sites (tertiary alicyclic amines) is 1. The summed E-state index contributed by atoms with van der Waals surface area (Å²) in [6, 6.07) is 19.7. The summed E-state index contributed by atoms with van der Waals surface area (Å²) in [4.78, 5) is 19.3. The fraction of sp³-hybridized carbons (Fsp3) is 0.333. The topological polar surface area (TPSA) is 105 Å². The number of benzene rings is 2. The second kappa shape index (κ2) is 11.7. The van der Waals surface area contributed by atoms with Crippen LogP contribution in [-0.4, -0.2) is 40.8 Å². The third-order valence-corrected chi connectivity index (χ3v) is 6.78. The van der Waals surface area contributed by atoms with E-state index in [1.165, 1.54) is 5.56 Å². The Bertz CT molecular complexity index is 1290. The Balaban J connectivity index is 1.42. The van der Waals surface area contributed by atoms with Crippen molar-refractivity contribution >= 4 is 23.2 Å². The average Bonchev–Trinajstić information content (AvgIpc) is 3.16. The number of hydrogen-bond acceptors (Lipinski definition) is 5. The van der Waals surface area contributed by atoms with E-state index in [0.717, 1.165) is 49.3 Å². The van der Waals surface area contributed by atoms with Crippen LogP contribution in [0.3, 0.4) is 0 Å². The molecule has 37 heavy (non-hydrogen) atoms. The van der Waals surface area contributed by atoms with Crippen molar-refractivity contribution < 1.29 is 4.79 Å². The van der Waals surface area contributed by atoms with Gasteiger partial charge in [0.25, 0.3) is 5.91 Å². The second-order valence-corrected chi connectivity index (χ2v) is 9.91. The number of nitriles is 1. The Morgan fingerprint density at radius 3 is 2.51 bits per heavy atom. The maximum Gasteiger partial charge on any atom is 0.257 e. The van der Waals surface area contributed by atoms with Gasteiger partial charge in [0.15, 0.2) is 0 Å². The van der Waals surface area contributed by atoms with E-state index in [1.807, 2.05) is 51.1 Å². The smallest absolute Gasteiger partial charge is 0.257 e. The summed E-state index contributed by atoms with van der Waals surface area (Å²) < 4.78 is 0. The third-order valence-electron chi connectivity index (χ3n) is 6.78. The van der Waals surface area contributed by atoms with Crippen molar-refractivity contribution in [3.05, 3.63) is 88.6 Å². The van der Waals surface area contributed by atoms with Crippen LogP contribution in [0.5, 0.6) is 0 Å². The summed E-state index contributed by atoms with van der Waals surface area (Å²) >= 11 is 0. The molecule has 1 aliphatic rings. The lowest BCUT2D eigenvalue weighted by Crippen LogP contribution is -2.32. The molecular weight excluding hydrogens is 460 g/mol. The molecule has 1 fully saturated rings. The first-order valence-corrected chi connectivity index (χ1v) is 12.8. The van der Waals surface area contributed by atoms with Crippen molar-refractivity contribution in [2.45, 2.75) is 52.0 Å². The standard InChI is InChI=1S/C30H34N6O/c1-20(2)34-28-13-12-26(19-33-28)30(37)35-27-17-25(9-6-21(27)3)29(32)36-15-4-5-23(14-16-36)24-10-7-22(18-31)8-11-24/h6-13,17,19-20,23,32H,4-5,14-16H2,1-3H3,(H,33,34)(H,35,37). The quantitative estimate of drug-likeness (QED) is 0.291. The van der Waals surface area contributed by atoms with Gasteiger partial charge in [-0.15, -0.1) is 0 Å². The summed E-state index contributed by atoms with van der Waals surface area (Å²) in [5, 5.41) is 24.2. The maximum atomic E-state index is 12.9. The molecule has 190 valence electrons. The molecule has 1 amide bonds. The fourth-order valence-corrected chi connectivity index (χ4v) is 4.67. The Morgan fingerprint density at radius 1 is 1.08 bits per heavy atom. The highest BCUT2D eigenvalue weighted by Gasteiger charge is 2.21. The lowest BCUT2D eigenvalue weighted by molar-refractivity contribution is 0.102. The Labute approximate surface area is 219 Å². The number of nitrogens with zero attached hydrogens (tertiary/aromatic N) is 3. The van der Waals surface area contributed by atoms with E-state index in [9.17, 15) is 4.79 Å². The summed E-state index contributed by atoms with van der Waals surface area (Å²) in [7, 11) is 0. The third kappa shape index (κ3) is 6.53. The van der Waals surface area contributed by atoms with Crippen LogP contribution in [-0.2, 0) is 0 Å². The lowest BCUT2D eigenvalue weighted by atomic mass is 9.91. The Hall–Kier alpha value is -4.18. The molecule has 0 spiro atoms. The highest BCUT2D eigenvalue weighted by Crippen LogP contribution is 2.29. The molecule has 7 nitrogen and oxygen atoms in total. The van der Waals surface area contributed by atoms with Crippen LogP contribution < -0.4 is 10.6 Å². The number of carbonyl (C=O) groups is 1. The van der Waals surface area contributed by atoms with Gasteiger partial charge in [-0.2, -0.15) is 5.26 Å². The summed E-state index contributed by atoms with van der Waals surface area (Å²) in [5.74, 6) is 1.41. The van der Waals surface area contributed by atoms with Crippen molar-refractivity contribution in [2.75, 3.05) is 23.7 Å². The van der Waals surface area contributed by atoms with E-state index in [1.54, 1.807) is 18.3 Å². The number of amides is 1. The predicted octanol–water partition coefficient (Wildman–Crippen LogP) is 5.93. The van der Waals surface area contributed by atoms with E-state index >= 15 is 0 Å². The first kappa shape index (κ1) is 25.9. The molecule has 7 heteroatoms. The largest absolute Gasteiger partial charge is 0.368 e. The molecule has 0 bridgehead atoms. The number of pyridine rings is 1. The average molecular weight is 495 g/mol. The van der Waals surface area contributed by atoms with Crippen molar-refractivity contribution in [1.29, 1.82) is 10.7 Å². The molecule has 0 saturated carbocycles. The number of anilines is 2. The number of rotatable bonds is 6. The monoisotopic (exact) mass is 494 g/mol. The van der Waals surface area contributed by atoms with Crippen LogP contribution in [0, 0.1) is 23.7 Å². The molecule has 1 aliphatic heterocycles. The van der Waals surface area contributed by atoms with Crippen LogP contribution in [0.2, 0.25) is 0 Å². The predicted molar refractivity (Wildman–Crippen MR) is 148 cm³/mol. The minimum absolute atomic E-state index is 0.226. The number of aromatic nitrogens is 1. The molecule has 2 heterocycles. The first-order valence-electron chi connectivity index (χ1n) is 12.8. The summed E-state index contributed by atoms with van der Waals surface area (Å²) in [5.41, 5.74) is 4.84. The van der Waals surface area contributed by atoms with Gasteiger partial charge in [-0.05, 0) is 87.4 Å². The molecule has 0 radical (unpaired) electrons. The van der Waals surface area contributed by atoms with Crippen molar-refractivity contribution in [1.82, 2.24) is 9.88 Å².